The summed E-state index contributed by atoms with van der Waals surface area (Å²) in [5.41, 5.74) is 16.8. The number of nitrogens with zero attached hydrogens (tertiary/aromatic N) is 2. The van der Waals surface area contributed by atoms with Crippen LogP contribution in [0.2, 0.25) is 0 Å². The van der Waals surface area contributed by atoms with Crippen LogP contribution in [0.3, 0.4) is 0 Å². The second-order valence-corrected chi connectivity index (χ2v) is 14.6. The van der Waals surface area contributed by atoms with Crippen LogP contribution in [0.4, 0.5) is 17.1 Å². The molecule has 0 fully saturated rings. The number of hydrogen-bond donors (Lipinski definition) is 0. The second kappa shape index (κ2) is 14.6. The van der Waals surface area contributed by atoms with E-state index in [1.54, 1.807) is 6.08 Å². The second-order valence-electron chi connectivity index (χ2n) is 14.6. The lowest BCUT2D eigenvalue weighted by atomic mass is 9.82. The molecule has 1 aliphatic carbocycles. The van der Waals surface area contributed by atoms with Gasteiger partial charge in [0.05, 0.1) is 11.0 Å². The van der Waals surface area contributed by atoms with Crippen molar-refractivity contribution in [1.29, 1.82) is 0 Å². The maximum atomic E-state index is 4.04. The Kier molecular flexibility index (Phi) is 9.43. The third-order valence-corrected chi connectivity index (χ3v) is 11.0. The van der Waals surface area contributed by atoms with Crippen molar-refractivity contribution >= 4 is 44.4 Å². The highest BCUT2D eigenvalue weighted by atomic mass is 15.1. The third kappa shape index (κ3) is 6.20. The van der Waals surface area contributed by atoms with Gasteiger partial charge in [-0.3, -0.25) is 0 Å². The van der Waals surface area contributed by atoms with Crippen LogP contribution in [0.5, 0.6) is 0 Å². The Hall–Kier alpha value is -6.64. The molecule has 1 aromatic heterocycles. The van der Waals surface area contributed by atoms with Gasteiger partial charge in [-0.15, -0.1) is 6.58 Å². The van der Waals surface area contributed by atoms with Gasteiger partial charge < -0.3 is 9.47 Å². The maximum Gasteiger partial charge on any atom is 0.0561 e. The summed E-state index contributed by atoms with van der Waals surface area (Å²) in [5.74, 6) is 0. The van der Waals surface area contributed by atoms with E-state index in [1.165, 1.54) is 55.2 Å². The molecule has 0 spiro atoms. The fourth-order valence-corrected chi connectivity index (χ4v) is 8.29. The van der Waals surface area contributed by atoms with Gasteiger partial charge >= 0.3 is 0 Å². The van der Waals surface area contributed by atoms with Crippen molar-refractivity contribution in [2.24, 2.45) is 0 Å². The van der Waals surface area contributed by atoms with E-state index in [0.29, 0.717) is 0 Å². The first-order valence-electron chi connectivity index (χ1n) is 19.1. The SMILES string of the molecule is C=C/C(=C\C)c1ccc(N(c2ccc3c(c2)C(C)(C)c2ccccc2-3)c2ccc3c4ccccc4n(-c4ccc(-c5ccccc5)cc4)c3c2)cc1.C=CC. The van der Waals surface area contributed by atoms with Gasteiger partial charge in [-0.2, -0.15) is 0 Å². The zero-order valence-electron chi connectivity index (χ0n) is 32.1. The van der Waals surface area contributed by atoms with Crippen molar-refractivity contribution in [3.05, 3.63) is 212 Å². The van der Waals surface area contributed by atoms with Crippen LogP contribution in [-0.4, -0.2) is 4.57 Å². The molecule has 1 aliphatic rings. The van der Waals surface area contributed by atoms with E-state index in [1.807, 2.05) is 13.0 Å². The molecule has 2 heteroatoms. The van der Waals surface area contributed by atoms with Gasteiger partial charge in [0.25, 0.3) is 0 Å². The summed E-state index contributed by atoms with van der Waals surface area (Å²) in [7, 11) is 0. The van der Waals surface area contributed by atoms with Crippen LogP contribution in [-0.2, 0) is 5.41 Å². The zero-order valence-corrected chi connectivity index (χ0v) is 32.1. The Morgan fingerprint density at radius 1 is 0.545 bits per heavy atom. The first kappa shape index (κ1) is 35.4. The molecule has 2 nitrogen and oxygen atoms in total. The van der Waals surface area contributed by atoms with Crippen molar-refractivity contribution in [3.8, 4) is 27.9 Å². The average molecular weight is 711 g/mol. The molecule has 0 saturated carbocycles. The molecule has 8 aromatic rings. The lowest BCUT2D eigenvalue weighted by Crippen LogP contribution is -2.16. The Morgan fingerprint density at radius 2 is 1.13 bits per heavy atom. The minimum atomic E-state index is -0.107. The van der Waals surface area contributed by atoms with Crippen LogP contribution in [0, 0.1) is 0 Å². The number of benzene rings is 7. The van der Waals surface area contributed by atoms with Crippen LogP contribution >= 0.6 is 0 Å². The van der Waals surface area contributed by atoms with E-state index >= 15 is 0 Å². The highest BCUT2D eigenvalue weighted by Gasteiger charge is 2.35. The number of fused-ring (bicyclic) bond motifs is 6. The quantitative estimate of drug-likeness (QED) is 0.118. The van der Waals surface area contributed by atoms with E-state index in [9.17, 15) is 0 Å². The van der Waals surface area contributed by atoms with E-state index in [4.69, 9.17) is 0 Å². The predicted molar refractivity (Wildman–Crippen MR) is 238 cm³/mol. The predicted octanol–water partition coefficient (Wildman–Crippen LogP) is 15.0. The van der Waals surface area contributed by atoms with E-state index in [-0.39, 0.29) is 5.41 Å². The molecule has 0 saturated heterocycles. The summed E-state index contributed by atoms with van der Waals surface area (Å²) in [6.07, 6.45) is 5.78. The van der Waals surface area contributed by atoms with Crippen molar-refractivity contribution in [2.75, 3.05) is 4.90 Å². The maximum absolute atomic E-state index is 4.04. The summed E-state index contributed by atoms with van der Waals surface area (Å²) in [4.78, 5) is 2.41. The molecular formula is C53H46N2. The van der Waals surface area contributed by atoms with Crippen molar-refractivity contribution in [3.63, 3.8) is 0 Å². The fourth-order valence-electron chi connectivity index (χ4n) is 8.29. The Balaban J connectivity index is 0.00000138. The molecule has 0 N–H and O–H groups in total. The van der Waals surface area contributed by atoms with E-state index in [2.05, 4.69) is 213 Å². The van der Waals surface area contributed by atoms with E-state index in [0.717, 1.165) is 33.9 Å². The summed E-state index contributed by atoms with van der Waals surface area (Å²) in [6, 6.07) is 60.0. The third-order valence-electron chi connectivity index (χ3n) is 11.0. The van der Waals surface area contributed by atoms with Gasteiger partial charge in [0.2, 0.25) is 0 Å². The van der Waals surface area contributed by atoms with Crippen LogP contribution in [0.1, 0.15) is 44.4 Å². The molecule has 0 atom stereocenters. The number of hydrogen-bond acceptors (Lipinski definition) is 1. The summed E-state index contributed by atoms with van der Waals surface area (Å²) >= 11 is 0. The Labute approximate surface area is 325 Å². The lowest BCUT2D eigenvalue weighted by Gasteiger charge is -2.28. The zero-order chi connectivity index (χ0) is 38.1. The van der Waals surface area contributed by atoms with E-state index < -0.39 is 0 Å². The fraction of sp³-hybridized carbons (Fsp3) is 0.0943. The van der Waals surface area contributed by atoms with Crippen LogP contribution in [0.15, 0.2) is 195 Å². The summed E-state index contributed by atoms with van der Waals surface area (Å²) < 4.78 is 2.41. The molecule has 1 heterocycles. The first-order chi connectivity index (χ1) is 26.9. The van der Waals surface area contributed by atoms with Crippen molar-refractivity contribution in [2.45, 2.75) is 33.1 Å². The molecule has 0 bridgehead atoms. The molecule has 268 valence electrons. The molecule has 0 unspecified atom stereocenters. The first-order valence-corrected chi connectivity index (χ1v) is 19.1. The molecule has 0 aliphatic heterocycles. The average Bonchev–Trinajstić information content (AvgIpc) is 3.67. The molecule has 7 aromatic carbocycles. The Bertz CT molecular complexity index is 2710. The minimum Gasteiger partial charge on any atom is -0.310 e. The number of rotatable bonds is 7. The topological polar surface area (TPSA) is 8.17 Å². The summed E-state index contributed by atoms with van der Waals surface area (Å²) in [5, 5.41) is 2.48. The lowest BCUT2D eigenvalue weighted by molar-refractivity contribution is 0.660. The molecule has 0 radical (unpaired) electrons. The van der Waals surface area contributed by atoms with Gasteiger partial charge in [0.1, 0.15) is 0 Å². The summed E-state index contributed by atoms with van der Waals surface area (Å²) in [6.45, 7) is 16.1. The smallest absolute Gasteiger partial charge is 0.0561 e. The van der Waals surface area contributed by atoms with Gasteiger partial charge in [-0.1, -0.05) is 148 Å². The van der Waals surface area contributed by atoms with Gasteiger partial charge in [-0.25, -0.2) is 0 Å². The van der Waals surface area contributed by atoms with Gasteiger partial charge in [-0.05, 0) is 113 Å². The minimum absolute atomic E-state index is 0.107. The molecule has 9 rings (SSSR count). The van der Waals surface area contributed by atoms with Crippen LogP contribution in [0.25, 0.3) is 55.3 Å². The molecule has 55 heavy (non-hydrogen) atoms. The number of aromatic nitrogens is 1. The highest BCUT2D eigenvalue weighted by molar-refractivity contribution is 6.10. The number of para-hydroxylation sites is 1. The normalized spacial score (nSPS) is 12.8. The monoisotopic (exact) mass is 710 g/mol. The van der Waals surface area contributed by atoms with Crippen molar-refractivity contribution < 1.29 is 0 Å². The number of anilines is 3. The van der Waals surface area contributed by atoms with Gasteiger partial charge in [0.15, 0.2) is 0 Å². The van der Waals surface area contributed by atoms with Crippen molar-refractivity contribution in [1.82, 2.24) is 4.57 Å². The Morgan fingerprint density at radius 3 is 1.85 bits per heavy atom. The molecular weight excluding hydrogens is 665 g/mol. The number of allylic oxidation sites excluding steroid dienone is 4. The molecule has 0 amide bonds. The standard InChI is InChI=1S/C50H40N2.C3H6/c1-5-34(6-2)36-20-24-38(25-21-36)51(40-28-30-43-42-16-10-12-18-46(42)50(3,4)47(43)32-40)41-29-31-45-44-17-11-13-19-48(44)52(49(45)33-41)39-26-22-37(23-27-39)35-14-8-7-9-15-35;1-3-2/h5-33H,1H2,2-4H3;3H,1H2,2H3/b34-6+;. The highest BCUT2D eigenvalue weighted by Crippen LogP contribution is 2.51. The largest absolute Gasteiger partial charge is 0.310 e. The van der Waals surface area contributed by atoms with Crippen LogP contribution < -0.4 is 4.90 Å². The van der Waals surface area contributed by atoms with Gasteiger partial charge in [0, 0.05) is 38.9 Å².